The lowest BCUT2D eigenvalue weighted by molar-refractivity contribution is -0.132. The van der Waals surface area contributed by atoms with Crippen molar-refractivity contribution in [2.45, 2.75) is 65.6 Å². The molecule has 294 valence electrons. The number of anilines is 1. The van der Waals surface area contributed by atoms with E-state index in [1.165, 1.54) is 24.9 Å². The van der Waals surface area contributed by atoms with Gasteiger partial charge in [0.15, 0.2) is 5.75 Å². The van der Waals surface area contributed by atoms with E-state index < -0.39 is 24.2 Å². The van der Waals surface area contributed by atoms with Gasteiger partial charge < -0.3 is 39.8 Å². The molecule has 1 aromatic heterocycles. The third-order valence-corrected chi connectivity index (χ3v) is 9.55. The van der Waals surface area contributed by atoms with Gasteiger partial charge in [-0.25, -0.2) is 4.79 Å². The van der Waals surface area contributed by atoms with E-state index in [4.69, 9.17) is 14.2 Å². The number of amides is 3. The molecule has 13 heteroatoms. The van der Waals surface area contributed by atoms with Crippen molar-refractivity contribution in [3.63, 3.8) is 0 Å². The average Bonchev–Trinajstić information content (AvgIpc) is 3.54. The molecule has 4 aromatic rings. The van der Waals surface area contributed by atoms with Crippen LogP contribution in [0.2, 0.25) is 0 Å². The Kier molecular flexibility index (Phi) is 13.2. The lowest BCUT2D eigenvalue weighted by Gasteiger charge is -2.32. The molecule has 0 bridgehead atoms. The van der Waals surface area contributed by atoms with Gasteiger partial charge in [-0.1, -0.05) is 18.2 Å². The van der Waals surface area contributed by atoms with Crippen molar-refractivity contribution >= 4 is 40.4 Å². The number of nitrogens with zero attached hydrogens (tertiary/aromatic N) is 3. The number of carbonyl (C=O) groups is 4. The Bertz CT molecular complexity index is 2040. The highest BCUT2D eigenvalue weighted by Crippen LogP contribution is 2.44. The molecule has 0 aliphatic carbocycles. The fourth-order valence-corrected chi connectivity index (χ4v) is 6.72. The molecule has 55 heavy (non-hydrogen) atoms. The number of aryl methyl sites for hydroxylation is 1. The van der Waals surface area contributed by atoms with E-state index in [1.807, 2.05) is 30.0 Å². The normalized spacial score (nSPS) is 13.4. The van der Waals surface area contributed by atoms with Gasteiger partial charge in [-0.05, 0) is 89.9 Å². The molecule has 1 aliphatic heterocycles. The number of fused-ring (bicyclic) bond motifs is 1. The van der Waals surface area contributed by atoms with E-state index in [0.717, 1.165) is 51.0 Å². The number of unbranched alkanes of at least 4 members (excludes halogenated alkanes) is 2. The number of methoxy groups -OCH3 is 1. The molecule has 2 heterocycles. The fourth-order valence-electron chi connectivity index (χ4n) is 6.72. The lowest BCUT2D eigenvalue weighted by Crippen LogP contribution is -2.47. The second kappa shape index (κ2) is 17.8. The lowest BCUT2D eigenvalue weighted by atomic mass is 9.95. The molecule has 5 rings (SSSR count). The van der Waals surface area contributed by atoms with Crippen LogP contribution in [0.5, 0.6) is 11.5 Å². The molecule has 1 fully saturated rings. The third-order valence-electron chi connectivity index (χ3n) is 9.55. The zero-order valence-corrected chi connectivity index (χ0v) is 32.9. The standard InChI is InChI=1S/C42H53N5O8/c1-27-15-16-29(34(24-27)54-23-10-8-9-14-35(49)46-21-19-45(6)20-22-46)37-31(39(50)43-5)17-18-32(38(37)53-7)44-40(51)30-12-11-13-33-36(30)28(26-48)25-47(33)41(52)55-42(2,3)4/h11-13,15-18,24-25,48H,8-10,14,19-23,26H2,1-7H3,(H,43,50)(H,44,51). The third kappa shape index (κ3) is 9.65. The van der Waals surface area contributed by atoms with Crippen molar-refractivity contribution in [2.75, 3.05) is 59.3 Å². The monoisotopic (exact) mass is 755 g/mol. The first-order valence-corrected chi connectivity index (χ1v) is 18.7. The van der Waals surface area contributed by atoms with Crippen molar-refractivity contribution in [3.05, 3.63) is 77.0 Å². The molecule has 0 radical (unpaired) electrons. The molecule has 13 nitrogen and oxygen atoms in total. The molecule has 3 aromatic carbocycles. The first-order valence-electron chi connectivity index (χ1n) is 18.7. The van der Waals surface area contributed by atoms with Crippen LogP contribution < -0.4 is 20.1 Å². The van der Waals surface area contributed by atoms with Gasteiger partial charge in [0.25, 0.3) is 11.8 Å². The topological polar surface area (TPSA) is 152 Å². The summed E-state index contributed by atoms with van der Waals surface area (Å²) in [6, 6.07) is 13.8. The number of carbonyl (C=O) groups excluding carboxylic acids is 4. The number of likely N-dealkylation sites (N-methyl/N-ethyl adjacent to an activating group) is 1. The van der Waals surface area contributed by atoms with Crippen LogP contribution in [0.4, 0.5) is 10.5 Å². The minimum atomic E-state index is -0.758. The summed E-state index contributed by atoms with van der Waals surface area (Å²) in [6.07, 6.45) is 3.66. The molecule has 3 amide bonds. The summed E-state index contributed by atoms with van der Waals surface area (Å²) in [6.45, 7) is 10.5. The van der Waals surface area contributed by atoms with Gasteiger partial charge >= 0.3 is 6.09 Å². The second-order valence-electron chi connectivity index (χ2n) is 14.8. The number of aliphatic hydroxyl groups is 1. The molecule has 3 N–H and O–H groups in total. The first kappa shape index (κ1) is 40.8. The summed E-state index contributed by atoms with van der Waals surface area (Å²) < 4.78 is 19.1. The molecular weight excluding hydrogens is 702 g/mol. The number of piperazine rings is 1. The van der Waals surface area contributed by atoms with E-state index in [-0.39, 0.29) is 23.1 Å². The molecule has 1 saturated heterocycles. The van der Waals surface area contributed by atoms with E-state index in [9.17, 15) is 24.3 Å². The predicted octanol–water partition coefficient (Wildman–Crippen LogP) is 6.23. The number of aromatic nitrogens is 1. The van der Waals surface area contributed by atoms with Gasteiger partial charge in [0, 0.05) is 73.5 Å². The van der Waals surface area contributed by atoms with Crippen LogP contribution in [0, 0.1) is 6.92 Å². The zero-order valence-electron chi connectivity index (χ0n) is 32.9. The summed E-state index contributed by atoms with van der Waals surface area (Å²) in [5, 5.41) is 16.3. The van der Waals surface area contributed by atoms with Crippen LogP contribution in [0.3, 0.4) is 0 Å². The molecule has 0 spiro atoms. The predicted molar refractivity (Wildman–Crippen MR) is 212 cm³/mol. The van der Waals surface area contributed by atoms with Crippen molar-refractivity contribution in [1.29, 1.82) is 0 Å². The summed E-state index contributed by atoms with van der Waals surface area (Å²) >= 11 is 0. The molecule has 0 saturated carbocycles. The largest absolute Gasteiger partial charge is 0.494 e. The van der Waals surface area contributed by atoms with E-state index >= 15 is 0 Å². The Labute approximate surface area is 322 Å². The minimum Gasteiger partial charge on any atom is -0.494 e. The first-order chi connectivity index (χ1) is 26.3. The number of hydrogen-bond donors (Lipinski definition) is 3. The molecule has 0 atom stereocenters. The summed E-state index contributed by atoms with van der Waals surface area (Å²) in [5.41, 5.74) is 2.81. The summed E-state index contributed by atoms with van der Waals surface area (Å²) in [4.78, 5) is 57.3. The number of nitrogens with one attached hydrogen (secondary N) is 2. The van der Waals surface area contributed by atoms with E-state index in [2.05, 4.69) is 22.6 Å². The Balaban J connectivity index is 1.41. The SMILES string of the molecule is CNC(=O)c1ccc(NC(=O)c2cccc3c2c(CO)cn3C(=O)OC(C)(C)C)c(OC)c1-c1ccc(C)cc1OCCCCCC(=O)N1CCN(C)CC1. The number of rotatable bonds is 13. The number of benzene rings is 3. The number of hydrogen-bond acceptors (Lipinski definition) is 9. The second-order valence-corrected chi connectivity index (χ2v) is 14.8. The summed E-state index contributed by atoms with van der Waals surface area (Å²) in [5.74, 6) is 0.0995. The minimum absolute atomic E-state index is 0.195. The molecule has 0 unspecified atom stereocenters. The van der Waals surface area contributed by atoms with Crippen molar-refractivity contribution in [1.82, 2.24) is 19.7 Å². The van der Waals surface area contributed by atoms with Crippen LogP contribution in [0.25, 0.3) is 22.0 Å². The van der Waals surface area contributed by atoms with Crippen LogP contribution >= 0.6 is 0 Å². The fraction of sp³-hybridized carbons (Fsp3) is 0.429. The number of ether oxygens (including phenoxy) is 3. The molecule has 1 aliphatic rings. The van der Waals surface area contributed by atoms with Gasteiger partial charge in [0.05, 0.1) is 37.1 Å². The maximum absolute atomic E-state index is 14.1. The van der Waals surface area contributed by atoms with Crippen LogP contribution in [0.1, 0.15) is 78.3 Å². The Morgan fingerprint density at radius 3 is 2.33 bits per heavy atom. The summed E-state index contributed by atoms with van der Waals surface area (Å²) in [7, 11) is 5.07. The van der Waals surface area contributed by atoms with Crippen LogP contribution in [0.15, 0.2) is 54.7 Å². The highest BCUT2D eigenvalue weighted by atomic mass is 16.6. The highest BCUT2D eigenvalue weighted by molar-refractivity contribution is 6.15. The van der Waals surface area contributed by atoms with Crippen LogP contribution in [-0.2, 0) is 16.1 Å². The smallest absolute Gasteiger partial charge is 0.419 e. The average molecular weight is 756 g/mol. The van der Waals surface area contributed by atoms with Gasteiger partial charge in [-0.2, -0.15) is 0 Å². The van der Waals surface area contributed by atoms with E-state index in [0.29, 0.717) is 57.6 Å². The Hall–Kier alpha value is -5.40. The quantitative estimate of drug-likeness (QED) is 0.135. The van der Waals surface area contributed by atoms with Crippen molar-refractivity contribution in [2.24, 2.45) is 0 Å². The number of aliphatic hydroxyl groups excluding tert-OH is 1. The van der Waals surface area contributed by atoms with Gasteiger partial charge in [-0.3, -0.25) is 19.0 Å². The highest BCUT2D eigenvalue weighted by Gasteiger charge is 2.27. The molecular formula is C42H53N5O8. The van der Waals surface area contributed by atoms with Gasteiger partial charge in [0.1, 0.15) is 11.4 Å². The Morgan fingerprint density at radius 1 is 0.909 bits per heavy atom. The van der Waals surface area contributed by atoms with Crippen LogP contribution in [-0.4, -0.2) is 103 Å². The van der Waals surface area contributed by atoms with Crippen molar-refractivity contribution in [3.8, 4) is 22.6 Å². The Morgan fingerprint density at radius 2 is 1.65 bits per heavy atom. The zero-order chi connectivity index (χ0) is 39.9. The van der Waals surface area contributed by atoms with E-state index in [1.54, 1.807) is 51.1 Å². The maximum Gasteiger partial charge on any atom is 0.419 e. The van der Waals surface area contributed by atoms with Gasteiger partial charge in [-0.15, -0.1) is 0 Å². The van der Waals surface area contributed by atoms with Gasteiger partial charge in [0.2, 0.25) is 5.91 Å². The van der Waals surface area contributed by atoms with Crippen molar-refractivity contribution < 1.29 is 38.5 Å². The maximum atomic E-state index is 14.1.